The standard InChI is InChI=1S/C29H24N4O6/c1-38-25-15-13-20(14-16-25)28(34)31-24-10-6-9-21(17-24)29(35)32-30-18-22-7-3-5-12-27(22)39-19-23-8-2-4-11-26(23)33(36)37/h2-18H,19H2,1H3,(H,31,34)(H,32,35)/b30-18+. The van der Waals surface area contributed by atoms with E-state index in [1.54, 1.807) is 92.0 Å². The van der Waals surface area contributed by atoms with Gasteiger partial charge in [-0.2, -0.15) is 5.10 Å². The van der Waals surface area contributed by atoms with Gasteiger partial charge in [-0.05, 0) is 60.7 Å². The Morgan fingerprint density at radius 1 is 0.897 bits per heavy atom. The third-order valence-electron chi connectivity index (χ3n) is 5.60. The third kappa shape index (κ3) is 7.04. The topological polar surface area (TPSA) is 132 Å². The number of carbonyl (C=O) groups is 2. The van der Waals surface area contributed by atoms with Gasteiger partial charge in [0.25, 0.3) is 17.5 Å². The number of nitrogens with one attached hydrogen (secondary N) is 2. The summed E-state index contributed by atoms with van der Waals surface area (Å²) in [5.74, 6) is 0.271. The van der Waals surface area contributed by atoms with Crippen molar-refractivity contribution in [3.05, 3.63) is 129 Å². The monoisotopic (exact) mass is 524 g/mol. The summed E-state index contributed by atoms with van der Waals surface area (Å²) < 4.78 is 10.9. The second-order valence-electron chi connectivity index (χ2n) is 8.17. The van der Waals surface area contributed by atoms with Crippen LogP contribution in [0.3, 0.4) is 0 Å². The van der Waals surface area contributed by atoms with Gasteiger partial charge < -0.3 is 14.8 Å². The largest absolute Gasteiger partial charge is 0.497 e. The van der Waals surface area contributed by atoms with E-state index in [4.69, 9.17) is 9.47 Å². The summed E-state index contributed by atoms with van der Waals surface area (Å²) in [5, 5.41) is 18.0. The number of hydrogen-bond acceptors (Lipinski definition) is 7. The molecule has 0 heterocycles. The molecule has 10 nitrogen and oxygen atoms in total. The highest BCUT2D eigenvalue weighted by Crippen LogP contribution is 2.22. The van der Waals surface area contributed by atoms with Crippen LogP contribution in [0.15, 0.2) is 102 Å². The van der Waals surface area contributed by atoms with Gasteiger partial charge in [-0.3, -0.25) is 19.7 Å². The molecule has 0 saturated heterocycles. The van der Waals surface area contributed by atoms with E-state index in [1.807, 2.05) is 0 Å². The first-order chi connectivity index (χ1) is 18.9. The maximum absolute atomic E-state index is 12.7. The van der Waals surface area contributed by atoms with Crippen molar-refractivity contribution in [3.63, 3.8) is 0 Å². The lowest BCUT2D eigenvalue weighted by atomic mass is 10.1. The predicted molar refractivity (Wildman–Crippen MR) is 146 cm³/mol. The molecule has 0 aliphatic carbocycles. The number of rotatable bonds is 10. The molecule has 0 atom stereocenters. The van der Waals surface area contributed by atoms with E-state index >= 15 is 0 Å². The number of carbonyl (C=O) groups excluding carboxylic acids is 2. The van der Waals surface area contributed by atoms with Gasteiger partial charge in [0.2, 0.25) is 0 Å². The highest BCUT2D eigenvalue weighted by atomic mass is 16.6. The van der Waals surface area contributed by atoms with Crippen LogP contribution >= 0.6 is 0 Å². The normalized spacial score (nSPS) is 10.6. The number of hydrazone groups is 1. The molecule has 4 rings (SSSR count). The minimum absolute atomic E-state index is 0.0105. The van der Waals surface area contributed by atoms with Gasteiger partial charge in [-0.1, -0.05) is 30.3 Å². The minimum Gasteiger partial charge on any atom is -0.497 e. The fraction of sp³-hybridized carbons (Fsp3) is 0.0690. The third-order valence-corrected chi connectivity index (χ3v) is 5.60. The smallest absolute Gasteiger partial charge is 0.276 e. The van der Waals surface area contributed by atoms with E-state index in [1.165, 1.54) is 18.3 Å². The van der Waals surface area contributed by atoms with Crippen LogP contribution in [0.5, 0.6) is 11.5 Å². The molecular weight excluding hydrogens is 500 g/mol. The number of anilines is 1. The lowest BCUT2D eigenvalue weighted by molar-refractivity contribution is -0.385. The van der Waals surface area contributed by atoms with Gasteiger partial charge >= 0.3 is 0 Å². The molecule has 10 heteroatoms. The van der Waals surface area contributed by atoms with Crippen LogP contribution in [-0.2, 0) is 6.61 Å². The number of amides is 2. The van der Waals surface area contributed by atoms with Crippen molar-refractivity contribution < 1.29 is 24.0 Å². The zero-order valence-electron chi connectivity index (χ0n) is 20.9. The van der Waals surface area contributed by atoms with Crippen LogP contribution in [0.1, 0.15) is 31.8 Å². The van der Waals surface area contributed by atoms with Gasteiger partial charge in [-0.15, -0.1) is 0 Å². The van der Waals surface area contributed by atoms with Gasteiger partial charge in [0, 0.05) is 28.4 Å². The fourth-order valence-electron chi connectivity index (χ4n) is 3.59. The predicted octanol–water partition coefficient (Wildman–Crippen LogP) is 5.20. The summed E-state index contributed by atoms with van der Waals surface area (Å²) in [5.41, 5.74) is 4.61. The molecule has 0 aliphatic heterocycles. The number of ether oxygens (including phenoxy) is 2. The van der Waals surface area contributed by atoms with Crippen molar-refractivity contribution in [1.29, 1.82) is 0 Å². The Morgan fingerprint density at radius 2 is 1.64 bits per heavy atom. The second kappa shape index (κ2) is 12.6. The molecule has 4 aromatic rings. The van der Waals surface area contributed by atoms with Crippen LogP contribution in [0, 0.1) is 10.1 Å². The minimum atomic E-state index is -0.481. The summed E-state index contributed by atoms with van der Waals surface area (Å²) in [7, 11) is 1.55. The molecule has 2 amide bonds. The van der Waals surface area contributed by atoms with Crippen molar-refractivity contribution in [2.75, 3.05) is 12.4 Å². The van der Waals surface area contributed by atoms with Crippen molar-refractivity contribution in [2.24, 2.45) is 5.10 Å². The molecule has 39 heavy (non-hydrogen) atoms. The van der Waals surface area contributed by atoms with E-state index in [9.17, 15) is 19.7 Å². The second-order valence-corrected chi connectivity index (χ2v) is 8.17. The number of nitrogens with zero attached hydrogens (tertiary/aromatic N) is 2. The molecule has 0 aromatic heterocycles. The van der Waals surface area contributed by atoms with E-state index in [0.717, 1.165) is 0 Å². The van der Waals surface area contributed by atoms with Crippen LogP contribution in [-0.4, -0.2) is 30.1 Å². The van der Waals surface area contributed by atoms with E-state index in [2.05, 4.69) is 15.8 Å². The SMILES string of the molecule is COc1ccc(C(=O)Nc2cccc(C(=O)N/N=C/c3ccccc3OCc3ccccc3[N+](=O)[O-])c2)cc1. The fourth-order valence-corrected chi connectivity index (χ4v) is 3.59. The number of nitro benzene ring substituents is 1. The maximum Gasteiger partial charge on any atom is 0.276 e. The lowest BCUT2D eigenvalue weighted by Crippen LogP contribution is -2.18. The van der Waals surface area contributed by atoms with Crippen LogP contribution in [0.2, 0.25) is 0 Å². The molecule has 2 N–H and O–H groups in total. The number of methoxy groups -OCH3 is 1. The van der Waals surface area contributed by atoms with Crippen molar-refractivity contribution in [2.45, 2.75) is 6.61 Å². The van der Waals surface area contributed by atoms with Gasteiger partial charge in [0.05, 0.1) is 23.8 Å². The lowest BCUT2D eigenvalue weighted by Gasteiger charge is -2.09. The highest BCUT2D eigenvalue weighted by Gasteiger charge is 2.13. The molecule has 0 bridgehead atoms. The molecule has 196 valence electrons. The van der Waals surface area contributed by atoms with Crippen LogP contribution in [0.25, 0.3) is 0 Å². The van der Waals surface area contributed by atoms with E-state index < -0.39 is 10.8 Å². The molecule has 0 saturated carbocycles. The zero-order chi connectivity index (χ0) is 27.6. The molecule has 0 spiro atoms. The van der Waals surface area contributed by atoms with Crippen LogP contribution in [0.4, 0.5) is 11.4 Å². The van der Waals surface area contributed by atoms with Crippen molar-refractivity contribution in [1.82, 2.24) is 5.43 Å². The highest BCUT2D eigenvalue weighted by molar-refractivity contribution is 6.05. The Balaban J connectivity index is 1.38. The van der Waals surface area contributed by atoms with Crippen LogP contribution < -0.4 is 20.2 Å². The molecule has 0 unspecified atom stereocenters. The number of benzene rings is 4. The molecule has 4 aromatic carbocycles. The molecule has 0 radical (unpaired) electrons. The molecular formula is C29H24N4O6. The molecule has 0 aliphatic rings. The summed E-state index contributed by atoms with van der Waals surface area (Å²) >= 11 is 0. The average Bonchev–Trinajstić information content (AvgIpc) is 2.96. The van der Waals surface area contributed by atoms with E-state index in [-0.39, 0.29) is 18.2 Å². The summed E-state index contributed by atoms with van der Waals surface area (Å²) in [6, 6.07) is 26.4. The average molecular weight is 525 g/mol. The Morgan fingerprint density at radius 3 is 2.41 bits per heavy atom. The van der Waals surface area contributed by atoms with Gasteiger partial charge in [-0.25, -0.2) is 5.43 Å². The maximum atomic E-state index is 12.7. The summed E-state index contributed by atoms with van der Waals surface area (Å²) in [4.78, 5) is 36.0. The van der Waals surface area contributed by atoms with E-state index in [0.29, 0.717) is 39.4 Å². The zero-order valence-corrected chi connectivity index (χ0v) is 20.9. The van der Waals surface area contributed by atoms with Gasteiger partial charge in [0.15, 0.2) is 0 Å². The summed E-state index contributed by atoms with van der Waals surface area (Å²) in [6.45, 7) is -0.0105. The number of para-hydroxylation sites is 2. The molecule has 0 fully saturated rings. The van der Waals surface area contributed by atoms with Crippen molar-refractivity contribution in [3.8, 4) is 11.5 Å². The quantitative estimate of drug-likeness (QED) is 0.167. The first-order valence-electron chi connectivity index (χ1n) is 11.8. The number of hydrogen-bond donors (Lipinski definition) is 2. The van der Waals surface area contributed by atoms with Crippen molar-refractivity contribution >= 4 is 29.4 Å². The number of nitro groups is 1. The Kier molecular flexibility index (Phi) is 8.60. The Hall–Kier alpha value is -5.51. The first-order valence-corrected chi connectivity index (χ1v) is 11.8. The Bertz CT molecular complexity index is 1520. The summed E-state index contributed by atoms with van der Waals surface area (Å²) in [6.07, 6.45) is 1.42. The van der Waals surface area contributed by atoms with Gasteiger partial charge in [0.1, 0.15) is 18.1 Å². The first kappa shape index (κ1) is 26.6. The Labute approximate surface area is 224 Å².